The Balaban J connectivity index is 0.000000561. The fraction of sp³-hybridized carbons (Fsp3) is 0.444. The Morgan fingerprint density at radius 3 is 2.42 bits per heavy atom. The SMILES string of the molecule is CC.CNc1ccnc(C)c1F. The van der Waals surface area contributed by atoms with E-state index < -0.39 is 0 Å². The lowest BCUT2D eigenvalue weighted by Crippen LogP contribution is -1.95. The van der Waals surface area contributed by atoms with E-state index in [4.69, 9.17) is 0 Å². The highest BCUT2D eigenvalue weighted by molar-refractivity contribution is 5.43. The van der Waals surface area contributed by atoms with Crippen LogP contribution in [0.4, 0.5) is 10.1 Å². The van der Waals surface area contributed by atoms with E-state index in [1.54, 1.807) is 26.2 Å². The average molecular weight is 170 g/mol. The van der Waals surface area contributed by atoms with Gasteiger partial charge in [-0.15, -0.1) is 0 Å². The zero-order valence-corrected chi connectivity index (χ0v) is 7.98. The molecule has 1 aromatic heterocycles. The molecular weight excluding hydrogens is 155 g/mol. The molecule has 0 spiro atoms. The number of rotatable bonds is 1. The maximum atomic E-state index is 12.9. The van der Waals surface area contributed by atoms with Gasteiger partial charge in [-0.2, -0.15) is 0 Å². The molecular formula is C9H15FN2. The van der Waals surface area contributed by atoms with Gasteiger partial charge in [0, 0.05) is 13.2 Å². The molecule has 1 heterocycles. The molecule has 0 saturated carbocycles. The molecule has 1 N–H and O–H groups in total. The zero-order chi connectivity index (χ0) is 9.56. The molecule has 0 radical (unpaired) electrons. The normalized spacial score (nSPS) is 8.42. The lowest BCUT2D eigenvalue weighted by Gasteiger charge is -2.01. The van der Waals surface area contributed by atoms with Crippen molar-refractivity contribution in [1.82, 2.24) is 4.98 Å². The third-order valence-electron chi connectivity index (χ3n) is 1.33. The van der Waals surface area contributed by atoms with E-state index in [1.165, 1.54) is 0 Å². The van der Waals surface area contributed by atoms with Crippen molar-refractivity contribution >= 4 is 5.69 Å². The number of aromatic nitrogens is 1. The zero-order valence-electron chi connectivity index (χ0n) is 7.98. The van der Waals surface area contributed by atoms with Crippen LogP contribution in [0, 0.1) is 12.7 Å². The average Bonchev–Trinajstić information content (AvgIpc) is 2.13. The van der Waals surface area contributed by atoms with Crippen LogP contribution in [-0.2, 0) is 0 Å². The fourth-order valence-corrected chi connectivity index (χ4v) is 0.741. The van der Waals surface area contributed by atoms with Crippen molar-refractivity contribution < 1.29 is 4.39 Å². The third-order valence-corrected chi connectivity index (χ3v) is 1.33. The molecule has 1 rings (SSSR count). The van der Waals surface area contributed by atoms with E-state index >= 15 is 0 Å². The molecule has 0 saturated heterocycles. The Labute approximate surface area is 72.8 Å². The van der Waals surface area contributed by atoms with Gasteiger partial charge in [-0.1, -0.05) is 13.8 Å². The molecule has 0 amide bonds. The van der Waals surface area contributed by atoms with Crippen LogP contribution < -0.4 is 5.32 Å². The van der Waals surface area contributed by atoms with Crippen molar-refractivity contribution in [3.8, 4) is 0 Å². The van der Waals surface area contributed by atoms with Gasteiger partial charge >= 0.3 is 0 Å². The van der Waals surface area contributed by atoms with Crippen LogP contribution in [0.15, 0.2) is 12.3 Å². The summed E-state index contributed by atoms with van der Waals surface area (Å²) < 4.78 is 12.9. The van der Waals surface area contributed by atoms with Gasteiger partial charge < -0.3 is 5.32 Å². The molecule has 0 aromatic carbocycles. The van der Waals surface area contributed by atoms with Crippen LogP contribution in [0.1, 0.15) is 19.5 Å². The number of pyridine rings is 1. The van der Waals surface area contributed by atoms with Crippen molar-refractivity contribution in [2.24, 2.45) is 0 Å². The molecule has 0 aliphatic rings. The van der Waals surface area contributed by atoms with Gasteiger partial charge in [0.2, 0.25) is 0 Å². The summed E-state index contributed by atoms with van der Waals surface area (Å²) in [5, 5.41) is 2.72. The molecule has 0 unspecified atom stereocenters. The van der Waals surface area contributed by atoms with Crippen LogP contribution in [0.2, 0.25) is 0 Å². The van der Waals surface area contributed by atoms with Crippen LogP contribution >= 0.6 is 0 Å². The summed E-state index contributed by atoms with van der Waals surface area (Å²) in [6, 6.07) is 1.60. The quantitative estimate of drug-likeness (QED) is 0.700. The molecule has 3 heteroatoms. The van der Waals surface area contributed by atoms with Crippen LogP contribution in [-0.4, -0.2) is 12.0 Å². The fourth-order valence-electron chi connectivity index (χ4n) is 0.741. The van der Waals surface area contributed by atoms with Gasteiger partial charge in [0.25, 0.3) is 0 Å². The van der Waals surface area contributed by atoms with E-state index in [2.05, 4.69) is 10.3 Å². The molecule has 0 aliphatic carbocycles. The van der Waals surface area contributed by atoms with Crippen molar-refractivity contribution in [1.29, 1.82) is 0 Å². The minimum Gasteiger partial charge on any atom is -0.386 e. The first-order valence-electron chi connectivity index (χ1n) is 4.04. The standard InChI is InChI=1S/C7H9FN2.C2H6/c1-5-7(8)6(9-2)3-4-10-5;1-2/h3-4H,1-2H3,(H,9,10);1-2H3. The monoisotopic (exact) mass is 170 g/mol. The van der Waals surface area contributed by atoms with Gasteiger partial charge in [0.15, 0.2) is 5.82 Å². The summed E-state index contributed by atoms with van der Waals surface area (Å²) in [7, 11) is 1.68. The molecule has 0 bridgehead atoms. The summed E-state index contributed by atoms with van der Waals surface area (Å²) in [5.74, 6) is -0.273. The van der Waals surface area contributed by atoms with Gasteiger partial charge in [0.05, 0.1) is 11.4 Å². The minimum absolute atomic E-state index is 0.273. The largest absolute Gasteiger partial charge is 0.386 e. The first kappa shape index (κ1) is 10.9. The number of nitrogens with one attached hydrogen (secondary N) is 1. The molecule has 2 nitrogen and oxygen atoms in total. The van der Waals surface area contributed by atoms with Crippen LogP contribution in [0.3, 0.4) is 0 Å². The topological polar surface area (TPSA) is 24.9 Å². The summed E-state index contributed by atoms with van der Waals surface area (Å²) in [4.78, 5) is 3.77. The molecule has 68 valence electrons. The maximum absolute atomic E-state index is 12.9. The Morgan fingerprint density at radius 2 is 2.00 bits per heavy atom. The van der Waals surface area contributed by atoms with Crippen molar-refractivity contribution in [2.45, 2.75) is 20.8 Å². The smallest absolute Gasteiger partial charge is 0.167 e. The highest BCUT2D eigenvalue weighted by atomic mass is 19.1. The van der Waals surface area contributed by atoms with Gasteiger partial charge in [-0.3, -0.25) is 4.98 Å². The maximum Gasteiger partial charge on any atom is 0.167 e. The summed E-state index contributed by atoms with van der Waals surface area (Å²) >= 11 is 0. The van der Waals surface area contributed by atoms with Crippen molar-refractivity contribution in [3.05, 3.63) is 23.8 Å². The number of aryl methyl sites for hydroxylation is 1. The second-order valence-corrected chi connectivity index (χ2v) is 2.01. The summed E-state index contributed by atoms with van der Waals surface area (Å²) in [5.41, 5.74) is 0.916. The highest BCUT2D eigenvalue weighted by Crippen LogP contribution is 2.13. The number of halogens is 1. The lowest BCUT2D eigenvalue weighted by atomic mass is 10.3. The first-order valence-corrected chi connectivity index (χ1v) is 4.04. The van der Waals surface area contributed by atoms with E-state index in [1.807, 2.05) is 13.8 Å². The Hall–Kier alpha value is -1.12. The Bertz CT molecular complexity index is 236. The van der Waals surface area contributed by atoms with Gasteiger partial charge in [-0.05, 0) is 13.0 Å². The molecule has 12 heavy (non-hydrogen) atoms. The van der Waals surface area contributed by atoms with Crippen molar-refractivity contribution in [3.63, 3.8) is 0 Å². The lowest BCUT2D eigenvalue weighted by molar-refractivity contribution is 0.613. The number of hydrogen-bond donors (Lipinski definition) is 1. The predicted molar refractivity (Wildman–Crippen MR) is 49.8 cm³/mol. The molecule has 0 atom stereocenters. The third kappa shape index (κ3) is 2.49. The number of anilines is 1. The second-order valence-electron chi connectivity index (χ2n) is 2.01. The van der Waals surface area contributed by atoms with Crippen LogP contribution in [0.5, 0.6) is 0 Å². The molecule has 0 aliphatic heterocycles. The predicted octanol–water partition coefficient (Wildman–Crippen LogP) is 2.60. The van der Waals surface area contributed by atoms with E-state index in [0.717, 1.165) is 0 Å². The highest BCUT2D eigenvalue weighted by Gasteiger charge is 2.01. The Kier molecular flexibility index (Phi) is 5.00. The van der Waals surface area contributed by atoms with Crippen LogP contribution in [0.25, 0.3) is 0 Å². The number of nitrogens with zero attached hydrogens (tertiary/aromatic N) is 1. The minimum atomic E-state index is -0.273. The first-order chi connectivity index (χ1) is 5.75. The summed E-state index contributed by atoms with van der Waals surface area (Å²) in [6.07, 6.45) is 1.57. The summed E-state index contributed by atoms with van der Waals surface area (Å²) in [6.45, 7) is 5.64. The van der Waals surface area contributed by atoms with Gasteiger partial charge in [0.1, 0.15) is 0 Å². The van der Waals surface area contributed by atoms with Crippen molar-refractivity contribution in [2.75, 3.05) is 12.4 Å². The van der Waals surface area contributed by atoms with E-state index in [-0.39, 0.29) is 5.82 Å². The molecule has 0 fully saturated rings. The number of hydrogen-bond acceptors (Lipinski definition) is 2. The van der Waals surface area contributed by atoms with E-state index in [9.17, 15) is 4.39 Å². The Morgan fingerprint density at radius 1 is 1.42 bits per heavy atom. The molecule has 1 aromatic rings. The van der Waals surface area contributed by atoms with Gasteiger partial charge in [-0.25, -0.2) is 4.39 Å². The van der Waals surface area contributed by atoms with E-state index in [0.29, 0.717) is 11.4 Å². The second kappa shape index (κ2) is 5.52.